The number of rotatable bonds is 4. The number of phenols is 1. The molecule has 4 nitrogen and oxygen atoms in total. The van der Waals surface area contributed by atoms with Gasteiger partial charge in [-0.25, -0.2) is 0 Å². The van der Waals surface area contributed by atoms with Crippen LogP contribution in [0, 0.1) is 5.92 Å². The van der Waals surface area contributed by atoms with E-state index in [4.69, 9.17) is 9.47 Å². The number of benzene rings is 1. The average molecular weight is 330 g/mol. The van der Waals surface area contributed by atoms with Gasteiger partial charge in [-0.1, -0.05) is 0 Å². The van der Waals surface area contributed by atoms with E-state index in [1.807, 2.05) is 0 Å². The monoisotopic (exact) mass is 329 g/mol. The highest BCUT2D eigenvalue weighted by atomic mass is 79.9. The van der Waals surface area contributed by atoms with Gasteiger partial charge < -0.3 is 19.9 Å². The van der Waals surface area contributed by atoms with Crippen molar-refractivity contribution in [2.24, 2.45) is 5.92 Å². The number of aromatic hydroxyl groups is 1. The van der Waals surface area contributed by atoms with Crippen LogP contribution in [-0.2, 0) is 6.42 Å². The molecule has 1 aliphatic rings. The summed E-state index contributed by atoms with van der Waals surface area (Å²) >= 11 is 3.36. The Morgan fingerprint density at radius 1 is 1.42 bits per heavy atom. The number of ether oxygens (including phenoxy) is 2. The number of halogens is 1. The van der Waals surface area contributed by atoms with Gasteiger partial charge in [-0.2, -0.15) is 0 Å². The van der Waals surface area contributed by atoms with Crippen molar-refractivity contribution in [3.63, 3.8) is 0 Å². The van der Waals surface area contributed by atoms with Crippen LogP contribution >= 0.6 is 15.9 Å². The van der Waals surface area contributed by atoms with E-state index in [-0.39, 0.29) is 5.75 Å². The van der Waals surface area contributed by atoms with E-state index in [1.54, 1.807) is 20.3 Å². The molecule has 0 bridgehead atoms. The minimum atomic E-state index is 0.253. The van der Waals surface area contributed by atoms with Gasteiger partial charge in [-0.15, -0.1) is 0 Å². The molecule has 1 aromatic carbocycles. The van der Waals surface area contributed by atoms with Crippen molar-refractivity contribution >= 4 is 15.9 Å². The van der Waals surface area contributed by atoms with E-state index >= 15 is 0 Å². The fourth-order valence-corrected chi connectivity index (χ4v) is 3.05. The molecule has 2 rings (SSSR count). The van der Waals surface area contributed by atoms with Crippen LogP contribution in [0.15, 0.2) is 10.5 Å². The summed E-state index contributed by atoms with van der Waals surface area (Å²) in [5.74, 6) is 2.05. The maximum Gasteiger partial charge on any atom is 0.167 e. The Morgan fingerprint density at radius 3 is 2.79 bits per heavy atom. The predicted octanol–water partition coefficient (Wildman–Crippen LogP) is 2.71. The lowest BCUT2D eigenvalue weighted by atomic mass is 9.91. The molecule has 0 saturated carbocycles. The molecule has 19 heavy (non-hydrogen) atoms. The van der Waals surface area contributed by atoms with E-state index in [9.17, 15) is 5.11 Å². The zero-order valence-electron chi connectivity index (χ0n) is 11.3. The van der Waals surface area contributed by atoms with Crippen molar-refractivity contribution in [2.75, 3.05) is 27.3 Å². The Kier molecular flexibility index (Phi) is 4.93. The van der Waals surface area contributed by atoms with Gasteiger partial charge in [0, 0.05) is 11.6 Å². The third-order valence-corrected chi connectivity index (χ3v) is 4.19. The van der Waals surface area contributed by atoms with Gasteiger partial charge in [0.15, 0.2) is 11.5 Å². The summed E-state index contributed by atoms with van der Waals surface area (Å²) in [6.45, 7) is 2.07. The summed E-state index contributed by atoms with van der Waals surface area (Å²) in [6, 6.07) is 1.73. The van der Waals surface area contributed by atoms with E-state index in [0.29, 0.717) is 21.9 Å². The first-order valence-electron chi connectivity index (χ1n) is 6.50. The molecule has 106 valence electrons. The van der Waals surface area contributed by atoms with Crippen LogP contribution in [0.1, 0.15) is 18.4 Å². The smallest absolute Gasteiger partial charge is 0.167 e. The second kappa shape index (κ2) is 6.48. The highest BCUT2D eigenvalue weighted by molar-refractivity contribution is 9.10. The number of phenolic OH excluding ortho intramolecular Hbond substituents is 1. The summed E-state index contributed by atoms with van der Waals surface area (Å²) < 4.78 is 11.4. The van der Waals surface area contributed by atoms with E-state index in [1.165, 1.54) is 12.8 Å². The van der Waals surface area contributed by atoms with Crippen molar-refractivity contribution in [2.45, 2.75) is 19.3 Å². The molecule has 0 spiro atoms. The van der Waals surface area contributed by atoms with Crippen molar-refractivity contribution in [3.8, 4) is 17.2 Å². The Morgan fingerprint density at radius 2 is 2.21 bits per heavy atom. The second-order valence-corrected chi connectivity index (χ2v) is 5.69. The topological polar surface area (TPSA) is 50.7 Å². The van der Waals surface area contributed by atoms with E-state index in [0.717, 1.165) is 25.1 Å². The molecule has 5 heteroatoms. The lowest BCUT2D eigenvalue weighted by molar-refractivity contribution is 0.332. The Labute approximate surface area is 122 Å². The minimum absolute atomic E-state index is 0.253. The van der Waals surface area contributed by atoms with Gasteiger partial charge in [0.25, 0.3) is 0 Å². The molecule has 0 aliphatic carbocycles. The Hall–Kier alpha value is -0.940. The van der Waals surface area contributed by atoms with Gasteiger partial charge in [0.1, 0.15) is 5.75 Å². The van der Waals surface area contributed by atoms with Gasteiger partial charge in [0.05, 0.1) is 18.7 Å². The maximum atomic E-state index is 10.3. The Bertz CT molecular complexity index is 445. The fraction of sp³-hybridized carbons (Fsp3) is 0.571. The molecular formula is C14H20BrNO3. The fourth-order valence-electron chi connectivity index (χ4n) is 2.60. The van der Waals surface area contributed by atoms with Gasteiger partial charge in [-0.3, -0.25) is 0 Å². The molecule has 1 aromatic rings. The van der Waals surface area contributed by atoms with E-state index < -0.39 is 0 Å². The third-order valence-electron chi connectivity index (χ3n) is 3.58. The summed E-state index contributed by atoms with van der Waals surface area (Å²) in [4.78, 5) is 0. The van der Waals surface area contributed by atoms with Crippen LogP contribution in [0.25, 0.3) is 0 Å². The number of hydrogen-bond donors (Lipinski definition) is 2. The molecule has 1 atom stereocenters. The van der Waals surface area contributed by atoms with Crippen molar-refractivity contribution in [1.82, 2.24) is 5.32 Å². The standard InChI is InChI=1S/C14H20BrNO3/c1-18-12-7-11(15)13(17)10(14(12)19-2)6-9-4-3-5-16-8-9/h7,9,16-17H,3-6,8H2,1-2H3. The molecule has 1 saturated heterocycles. The van der Waals surface area contributed by atoms with Crippen molar-refractivity contribution < 1.29 is 14.6 Å². The van der Waals surface area contributed by atoms with Crippen LogP contribution in [0.5, 0.6) is 17.2 Å². The first-order valence-corrected chi connectivity index (χ1v) is 7.29. The molecule has 0 aromatic heterocycles. The summed E-state index contributed by atoms with van der Waals surface area (Å²) in [7, 11) is 3.21. The molecule has 1 unspecified atom stereocenters. The van der Waals surface area contributed by atoms with Crippen LogP contribution in [0.3, 0.4) is 0 Å². The quantitative estimate of drug-likeness (QED) is 0.891. The van der Waals surface area contributed by atoms with Crippen LogP contribution in [0.2, 0.25) is 0 Å². The molecule has 0 radical (unpaired) electrons. The summed E-state index contributed by atoms with van der Waals surface area (Å²) in [5, 5.41) is 13.6. The lowest BCUT2D eigenvalue weighted by Gasteiger charge is -2.24. The normalized spacial score (nSPS) is 19.2. The predicted molar refractivity (Wildman–Crippen MR) is 78.2 cm³/mol. The van der Waals surface area contributed by atoms with Crippen molar-refractivity contribution in [1.29, 1.82) is 0 Å². The molecule has 1 heterocycles. The van der Waals surface area contributed by atoms with Crippen molar-refractivity contribution in [3.05, 3.63) is 16.1 Å². The minimum Gasteiger partial charge on any atom is -0.506 e. The highest BCUT2D eigenvalue weighted by Gasteiger charge is 2.22. The first kappa shape index (κ1) is 14.5. The number of methoxy groups -OCH3 is 2. The van der Waals surface area contributed by atoms with E-state index in [2.05, 4.69) is 21.2 Å². The average Bonchev–Trinajstić information content (AvgIpc) is 2.44. The first-order chi connectivity index (χ1) is 9.17. The SMILES string of the molecule is COc1cc(Br)c(O)c(CC2CCCNC2)c1OC. The van der Waals surface area contributed by atoms with Gasteiger partial charge in [-0.05, 0) is 54.2 Å². The van der Waals surface area contributed by atoms with Gasteiger partial charge >= 0.3 is 0 Å². The third kappa shape index (κ3) is 3.15. The number of hydrogen-bond acceptors (Lipinski definition) is 4. The Balaban J connectivity index is 2.33. The summed E-state index contributed by atoms with van der Waals surface area (Å²) in [5.41, 5.74) is 0.822. The molecular weight excluding hydrogens is 310 g/mol. The van der Waals surface area contributed by atoms with Crippen LogP contribution in [-0.4, -0.2) is 32.4 Å². The maximum absolute atomic E-state index is 10.3. The van der Waals surface area contributed by atoms with Crippen LogP contribution < -0.4 is 14.8 Å². The van der Waals surface area contributed by atoms with Gasteiger partial charge in [0.2, 0.25) is 0 Å². The summed E-state index contributed by atoms with van der Waals surface area (Å²) in [6.07, 6.45) is 3.14. The molecule has 0 amide bonds. The zero-order chi connectivity index (χ0) is 13.8. The van der Waals surface area contributed by atoms with Crippen LogP contribution in [0.4, 0.5) is 0 Å². The molecule has 1 aliphatic heterocycles. The zero-order valence-corrected chi connectivity index (χ0v) is 12.9. The highest BCUT2D eigenvalue weighted by Crippen LogP contribution is 2.43. The second-order valence-electron chi connectivity index (χ2n) is 4.84. The molecule has 1 fully saturated rings. The number of piperidine rings is 1. The largest absolute Gasteiger partial charge is 0.506 e. The lowest BCUT2D eigenvalue weighted by Crippen LogP contribution is -2.30. The molecule has 2 N–H and O–H groups in total. The number of nitrogens with one attached hydrogen (secondary N) is 1.